The number of pyridine rings is 1. The van der Waals surface area contributed by atoms with E-state index in [0.29, 0.717) is 18.0 Å². The van der Waals surface area contributed by atoms with Gasteiger partial charge in [0.05, 0.1) is 5.69 Å². The number of benzene rings is 1. The van der Waals surface area contributed by atoms with E-state index in [4.69, 9.17) is 0 Å². The van der Waals surface area contributed by atoms with Crippen LogP contribution in [0, 0.1) is 12.8 Å². The molecule has 0 radical (unpaired) electrons. The van der Waals surface area contributed by atoms with Crippen molar-refractivity contribution in [3.63, 3.8) is 0 Å². The lowest BCUT2D eigenvalue weighted by Crippen LogP contribution is -2.28. The van der Waals surface area contributed by atoms with Crippen LogP contribution >= 0.6 is 0 Å². The Bertz CT molecular complexity index is 868. The molecule has 0 saturated carbocycles. The van der Waals surface area contributed by atoms with E-state index in [-0.39, 0.29) is 5.91 Å². The molecule has 128 valence electrons. The zero-order chi connectivity index (χ0) is 17.8. The van der Waals surface area contributed by atoms with Crippen LogP contribution in [-0.2, 0) is 0 Å². The summed E-state index contributed by atoms with van der Waals surface area (Å²) >= 11 is 0. The van der Waals surface area contributed by atoms with Gasteiger partial charge in [0.15, 0.2) is 5.82 Å². The van der Waals surface area contributed by atoms with Gasteiger partial charge in [0, 0.05) is 30.7 Å². The van der Waals surface area contributed by atoms with Gasteiger partial charge >= 0.3 is 0 Å². The van der Waals surface area contributed by atoms with Gasteiger partial charge in [-0.2, -0.15) is 0 Å². The largest absolute Gasteiger partial charge is 0.352 e. The highest BCUT2D eigenvalue weighted by Gasteiger charge is 2.15. The summed E-state index contributed by atoms with van der Waals surface area (Å²) in [5.74, 6) is 1.12. The number of amides is 1. The quantitative estimate of drug-likeness (QED) is 0.775. The first-order valence-electron chi connectivity index (χ1n) is 8.41. The highest BCUT2D eigenvalue weighted by atomic mass is 16.1. The van der Waals surface area contributed by atoms with Gasteiger partial charge < -0.3 is 5.32 Å². The summed E-state index contributed by atoms with van der Waals surface area (Å²) in [5, 5.41) is 2.98. The molecular formula is C20H22N4O. The van der Waals surface area contributed by atoms with E-state index in [1.165, 1.54) is 0 Å². The van der Waals surface area contributed by atoms with E-state index in [2.05, 4.69) is 29.1 Å². The lowest BCUT2D eigenvalue weighted by Gasteiger charge is -2.15. The molecule has 1 N–H and O–H groups in total. The fourth-order valence-corrected chi connectivity index (χ4v) is 2.70. The minimum Gasteiger partial charge on any atom is -0.352 e. The lowest BCUT2D eigenvalue weighted by atomic mass is 10.1. The lowest BCUT2D eigenvalue weighted by molar-refractivity contribution is 0.0948. The average Bonchev–Trinajstić information content (AvgIpc) is 3.10. The molecule has 0 aliphatic heterocycles. The highest BCUT2D eigenvalue weighted by molar-refractivity contribution is 5.96. The maximum atomic E-state index is 12.5. The van der Waals surface area contributed by atoms with Gasteiger partial charge in [0.2, 0.25) is 0 Å². The number of imidazole rings is 1. The molecule has 0 fully saturated rings. The van der Waals surface area contributed by atoms with E-state index in [1.54, 1.807) is 12.4 Å². The Morgan fingerprint density at radius 3 is 2.68 bits per heavy atom. The molecule has 2 aromatic heterocycles. The first kappa shape index (κ1) is 16.9. The molecule has 0 atom stereocenters. The van der Waals surface area contributed by atoms with Gasteiger partial charge in [-0.1, -0.05) is 26.0 Å². The van der Waals surface area contributed by atoms with Gasteiger partial charge in [0.1, 0.15) is 5.69 Å². The Kier molecular flexibility index (Phi) is 4.93. The van der Waals surface area contributed by atoms with Crippen LogP contribution in [0.4, 0.5) is 0 Å². The Hall–Kier alpha value is -2.95. The normalized spacial score (nSPS) is 10.9. The van der Waals surface area contributed by atoms with Crippen LogP contribution in [-0.4, -0.2) is 27.0 Å². The van der Waals surface area contributed by atoms with Crippen molar-refractivity contribution in [2.45, 2.75) is 20.8 Å². The third-order valence-electron chi connectivity index (χ3n) is 4.01. The molecule has 0 aliphatic carbocycles. The van der Waals surface area contributed by atoms with Crippen molar-refractivity contribution in [1.29, 1.82) is 0 Å². The summed E-state index contributed by atoms with van der Waals surface area (Å²) in [6.45, 7) is 6.77. The van der Waals surface area contributed by atoms with Crippen molar-refractivity contribution in [2.24, 2.45) is 5.92 Å². The summed E-state index contributed by atoms with van der Waals surface area (Å²) in [4.78, 5) is 21.3. The number of aromatic nitrogens is 3. The number of hydrogen-bond acceptors (Lipinski definition) is 3. The first-order chi connectivity index (χ1) is 12.1. The summed E-state index contributed by atoms with van der Waals surface area (Å²) in [7, 11) is 0. The van der Waals surface area contributed by atoms with Gasteiger partial charge in [-0.3, -0.25) is 14.3 Å². The zero-order valence-electron chi connectivity index (χ0n) is 14.7. The fraction of sp³-hybridized carbons (Fsp3) is 0.250. The van der Waals surface area contributed by atoms with Crippen molar-refractivity contribution >= 4 is 5.91 Å². The van der Waals surface area contributed by atoms with Crippen LogP contribution < -0.4 is 5.32 Å². The van der Waals surface area contributed by atoms with Crippen LogP contribution in [0.15, 0.2) is 55.0 Å². The van der Waals surface area contributed by atoms with E-state index in [9.17, 15) is 4.79 Å². The van der Waals surface area contributed by atoms with Crippen LogP contribution in [0.5, 0.6) is 0 Å². The number of hydrogen-bond donors (Lipinski definition) is 1. The second-order valence-electron chi connectivity index (χ2n) is 6.39. The smallest absolute Gasteiger partial charge is 0.251 e. The third kappa shape index (κ3) is 3.60. The van der Waals surface area contributed by atoms with Crippen LogP contribution in [0.25, 0.3) is 17.2 Å². The molecule has 0 spiro atoms. The monoisotopic (exact) mass is 334 g/mol. The minimum absolute atomic E-state index is 0.0486. The Morgan fingerprint density at radius 1 is 1.12 bits per heavy atom. The first-order valence-corrected chi connectivity index (χ1v) is 8.41. The molecule has 5 nitrogen and oxygen atoms in total. The summed E-state index contributed by atoms with van der Waals surface area (Å²) in [6.07, 6.45) is 5.38. The molecule has 0 aliphatic rings. The fourth-order valence-electron chi connectivity index (χ4n) is 2.70. The topological polar surface area (TPSA) is 59.8 Å². The van der Waals surface area contributed by atoms with Gasteiger partial charge in [0.25, 0.3) is 5.91 Å². The molecule has 25 heavy (non-hydrogen) atoms. The highest BCUT2D eigenvalue weighted by Crippen LogP contribution is 2.24. The SMILES string of the molecule is Cc1c(C(=O)NCC(C)C)cccc1-n1ccnc1-c1ccccn1. The summed E-state index contributed by atoms with van der Waals surface area (Å²) in [5.41, 5.74) is 3.31. The molecular weight excluding hydrogens is 312 g/mol. The van der Waals surface area contributed by atoms with E-state index >= 15 is 0 Å². The van der Waals surface area contributed by atoms with E-state index < -0.39 is 0 Å². The maximum Gasteiger partial charge on any atom is 0.251 e. The Balaban J connectivity index is 1.99. The van der Waals surface area contributed by atoms with Crippen LogP contribution in [0.3, 0.4) is 0 Å². The van der Waals surface area contributed by atoms with Gasteiger partial charge in [-0.05, 0) is 42.7 Å². The van der Waals surface area contributed by atoms with Gasteiger partial charge in [-0.15, -0.1) is 0 Å². The second kappa shape index (κ2) is 7.30. The average molecular weight is 334 g/mol. The number of carbonyl (C=O) groups excluding carboxylic acids is 1. The molecule has 1 amide bonds. The number of carbonyl (C=O) groups is 1. The van der Waals surface area contributed by atoms with Crippen molar-refractivity contribution in [3.05, 3.63) is 66.1 Å². The minimum atomic E-state index is -0.0486. The van der Waals surface area contributed by atoms with Crippen LogP contribution in [0.2, 0.25) is 0 Å². The predicted octanol–water partition coefficient (Wildman–Crippen LogP) is 3.63. The van der Waals surface area contributed by atoms with Gasteiger partial charge in [-0.25, -0.2) is 4.98 Å². The number of nitrogens with zero attached hydrogens (tertiary/aromatic N) is 3. The molecule has 0 bridgehead atoms. The van der Waals surface area contributed by atoms with Crippen molar-refractivity contribution in [3.8, 4) is 17.2 Å². The van der Waals surface area contributed by atoms with E-state index in [0.717, 1.165) is 22.8 Å². The Morgan fingerprint density at radius 2 is 1.96 bits per heavy atom. The summed E-state index contributed by atoms with van der Waals surface area (Å²) < 4.78 is 1.97. The number of rotatable bonds is 5. The van der Waals surface area contributed by atoms with Crippen molar-refractivity contribution in [1.82, 2.24) is 19.9 Å². The van der Waals surface area contributed by atoms with Crippen molar-refractivity contribution < 1.29 is 4.79 Å². The molecule has 0 saturated heterocycles. The molecule has 3 rings (SSSR count). The van der Waals surface area contributed by atoms with E-state index in [1.807, 2.05) is 54.1 Å². The standard InChI is InChI=1S/C20H22N4O/c1-14(2)13-23-20(25)16-7-6-9-18(15(16)3)24-12-11-22-19(24)17-8-4-5-10-21-17/h4-12,14H,13H2,1-3H3,(H,23,25). The summed E-state index contributed by atoms with van der Waals surface area (Å²) in [6, 6.07) is 11.5. The molecule has 5 heteroatoms. The maximum absolute atomic E-state index is 12.5. The molecule has 2 heterocycles. The third-order valence-corrected chi connectivity index (χ3v) is 4.01. The second-order valence-corrected chi connectivity index (χ2v) is 6.39. The van der Waals surface area contributed by atoms with Crippen molar-refractivity contribution in [2.75, 3.05) is 6.54 Å². The zero-order valence-corrected chi connectivity index (χ0v) is 14.7. The predicted molar refractivity (Wildman–Crippen MR) is 98.7 cm³/mol. The van der Waals surface area contributed by atoms with Crippen LogP contribution in [0.1, 0.15) is 29.8 Å². The molecule has 3 aromatic rings. The number of nitrogens with one attached hydrogen (secondary N) is 1. The Labute approximate surface area is 147 Å². The molecule has 1 aromatic carbocycles. The molecule has 0 unspecified atom stereocenters.